The van der Waals surface area contributed by atoms with Gasteiger partial charge in [0.1, 0.15) is 5.75 Å². The lowest BCUT2D eigenvalue weighted by atomic mass is 9.86. The summed E-state index contributed by atoms with van der Waals surface area (Å²) in [4.78, 5) is 18.6. The Kier molecular flexibility index (Phi) is 14.9. The van der Waals surface area contributed by atoms with Crippen molar-refractivity contribution in [2.24, 2.45) is 5.92 Å². The van der Waals surface area contributed by atoms with E-state index in [4.69, 9.17) is 4.74 Å². The van der Waals surface area contributed by atoms with Gasteiger partial charge in [-0.3, -0.25) is 4.79 Å². The van der Waals surface area contributed by atoms with Gasteiger partial charge in [0, 0.05) is 31.1 Å². The highest BCUT2D eigenvalue weighted by Crippen LogP contribution is 2.32. The van der Waals surface area contributed by atoms with Crippen LogP contribution in [0.25, 0.3) is 0 Å². The van der Waals surface area contributed by atoms with Crippen LogP contribution >= 0.6 is 0 Å². The predicted octanol–water partition coefficient (Wildman–Crippen LogP) is 6.38. The number of halogens is 3. The maximum absolute atomic E-state index is 12.7. The number of aryl methyl sites for hydroxylation is 1. The molecule has 1 aliphatic carbocycles. The molecular formula is C26H40F3N5O3S. The van der Waals surface area contributed by atoms with Gasteiger partial charge in [0.25, 0.3) is 0 Å². The van der Waals surface area contributed by atoms with Gasteiger partial charge in [-0.05, 0) is 32.0 Å². The van der Waals surface area contributed by atoms with Gasteiger partial charge in [0.05, 0.1) is 35.0 Å². The zero-order valence-corrected chi connectivity index (χ0v) is 23.8. The van der Waals surface area contributed by atoms with Crippen LogP contribution in [0.15, 0.2) is 24.4 Å². The number of hydrogen-bond acceptors (Lipinski definition) is 6. The molecule has 8 nitrogen and oxygen atoms in total. The Bertz CT molecular complexity index is 1030. The first-order chi connectivity index (χ1) is 17.9. The number of aromatic nitrogens is 2. The van der Waals surface area contributed by atoms with E-state index in [0.29, 0.717) is 17.1 Å². The molecule has 1 heterocycles. The number of hydrogen-bond donors (Lipinski definition) is 3. The molecule has 38 heavy (non-hydrogen) atoms. The highest BCUT2D eigenvalue weighted by Gasteiger charge is 2.33. The highest BCUT2D eigenvalue weighted by molar-refractivity contribution is 7.82. The van der Waals surface area contributed by atoms with E-state index in [-0.39, 0.29) is 17.5 Å². The molecule has 0 spiro atoms. The lowest BCUT2D eigenvalue weighted by Crippen LogP contribution is -2.11. The number of nitrogens with one attached hydrogen (secondary N) is 3. The van der Waals surface area contributed by atoms with Gasteiger partial charge in [-0.2, -0.15) is 13.2 Å². The molecule has 214 valence electrons. The first kappa shape index (κ1) is 33.3. The van der Waals surface area contributed by atoms with Crippen molar-refractivity contribution in [3.05, 3.63) is 35.7 Å². The summed E-state index contributed by atoms with van der Waals surface area (Å²) >= 11 is 0. The molecular weight excluding hydrogens is 519 g/mol. The zero-order valence-electron chi connectivity index (χ0n) is 23.0. The van der Waals surface area contributed by atoms with Crippen molar-refractivity contribution in [3.8, 4) is 5.75 Å². The minimum Gasteiger partial charge on any atom is -0.494 e. The zero-order chi connectivity index (χ0) is 28.7. The van der Waals surface area contributed by atoms with E-state index in [1.165, 1.54) is 65.9 Å². The third-order valence-electron chi connectivity index (χ3n) is 5.76. The van der Waals surface area contributed by atoms with Gasteiger partial charge in [0.2, 0.25) is 11.9 Å². The van der Waals surface area contributed by atoms with Crippen molar-refractivity contribution in [2.75, 3.05) is 31.0 Å². The average molecular weight is 560 g/mol. The molecule has 1 aromatic heterocycles. The van der Waals surface area contributed by atoms with E-state index >= 15 is 0 Å². The molecule has 0 radical (unpaired) electrons. The third kappa shape index (κ3) is 12.7. The molecule has 0 bridgehead atoms. The Hall–Kier alpha value is -2.73. The van der Waals surface area contributed by atoms with Crippen LogP contribution in [-0.2, 0) is 22.0 Å². The Morgan fingerprint density at radius 3 is 2.32 bits per heavy atom. The van der Waals surface area contributed by atoms with Crippen molar-refractivity contribution in [1.29, 1.82) is 0 Å². The Morgan fingerprint density at radius 2 is 1.84 bits per heavy atom. The normalized spacial score (nSPS) is 14.2. The van der Waals surface area contributed by atoms with Crippen LogP contribution in [-0.4, -0.2) is 40.5 Å². The van der Waals surface area contributed by atoms with Gasteiger partial charge in [-0.15, -0.1) is 0 Å². The van der Waals surface area contributed by atoms with Crippen molar-refractivity contribution in [1.82, 2.24) is 14.7 Å². The van der Waals surface area contributed by atoms with E-state index < -0.39 is 22.7 Å². The number of alkyl halides is 3. The molecule has 3 N–H and O–H groups in total. The minimum atomic E-state index is -4.49. The largest absolute Gasteiger partial charge is 0.494 e. The van der Waals surface area contributed by atoms with Crippen LogP contribution in [0.4, 0.5) is 30.5 Å². The third-order valence-corrected chi connectivity index (χ3v) is 6.34. The fraction of sp³-hybridized carbons (Fsp3) is 0.577. The second-order valence-corrected chi connectivity index (χ2v) is 10.2. The molecule has 0 saturated heterocycles. The number of ether oxygens (including phenoxy) is 1. The molecule has 1 unspecified atom stereocenters. The summed E-state index contributed by atoms with van der Waals surface area (Å²) in [6, 6.07) is 4.78. The van der Waals surface area contributed by atoms with E-state index in [2.05, 4.69) is 32.2 Å². The number of anilines is 3. The van der Waals surface area contributed by atoms with E-state index in [1.807, 2.05) is 0 Å². The summed E-state index contributed by atoms with van der Waals surface area (Å²) in [7, 11) is 2.26. The second kappa shape index (κ2) is 17.0. The Labute approximate surface area is 226 Å². The number of carbonyl (C=O) groups excluding carboxylic acids is 1. The Balaban J connectivity index is 0.000000421. The SMILES string of the molecule is CCCC1CCCCC1.CNS(C)=O.COc1cc(Nc2ncc(C(F)(F)F)c(C)n2)ccc1NC(C)=O. The lowest BCUT2D eigenvalue weighted by Gasteiger charge is -2.20. The van der Waals surface area contributed by atoms with Crippen LogP contribution in [0.5, 0.6) is 5.75 Å². The smallest absolute Gasteiger partial charge is 0.419 e. The summed E-state index contributed by atoms with van der Waals surface area (Å²) in [6.45, 7) is 4.93. The van der Waals surface area contributed by atoms with E-state index in [1.54, 1.807) is 31.5 Å². The summed E-state index contributed by atoms with van der Waals surface area (Å²) in [6.07, 6.45) is 8.25. The van der Waals surface area contributed by atoms with E-state index in [9.17, 15) is 22.2 Å². The van der Waals surface area contributed by atoms with Crippen LogP contribution in [0.2, 0.25) is 0 Å². The fourth-order valence-electron chi connectivity index (χ4n) is 3.88. The van der Waals surface area contributed by atoms with E-state index in [0.717, 1.165) is 12.1 Å². The van der Waals surface area contributed by atoms with Gasteiger partial charge < -0.3 is 15.4 Å². The number of benzene rings is 1. The topological polar surface area (TPSA) is 105 Å². The first-order valence-electron chi connectivity index (χ1n) is 12.6. The maximum Gasteiger partial charge on any atom is 0.419 e. The van der Waals surface area contributed by atoms with Crippen LogP contribution in [0, 0.1) is 12.8 Å². The number of rotatable bonds is 7. The van der Waals surface area contributed by atoms with Crippen LogP contribution in [0.1, 0.15) is 70.1 Å². The molecule has 2 aromatic rings. The van der Waals surface area contributed by atoms with Gasteiger partial charge in [-0.25, -0.2) is 18.9 Å². The van der Waals surface area contributed by atoms with Crippen LogP contribution in [0.3, 0.4) is 0 Å². The van der Waals surface area contributed by atoms with Gasteiger partial charge >= 0.3 is 6.18 Å². The second-order valence-electron chi connectivity index (χ2n) is 8.86. The molecule has 1 aliphatic rings. The molecule has 0 aliphatic heterocycles. The minimum absolute atomic E-state index is 0.0230. The van der Waals surface area contributed by atoms with Crippen molar-refractivity contribution < 1.29 is 26.9 Å². The number of methoxy groups -OCH3 is 1. The van der Waals surface area contributed by atoms with Gasteiger partial charge in [-0.1, -0.05) is 51.9 Å². The quantitative estimate of drug-likeness (QED) is 0.364. The van der Waals surface area contributed by atoms with Crippen molar-refractivity contribution >= 4 is 34.2 Å². The molecule has 1 atom stereocenters. The maximum atomic E-state index is 12.7. The molecule has 1 saturated carbocycles. The number of carbonyl (C=O) groups is 1. The van der Waals surface area contributed by atoms with Crippen molar-refractivity contribution in [2.45, 2.75) is 71.9 Å². The monoisotopic (exact) mass is 559 g/mol. The predicted molar refractivity (Wildman–Crippen MR) is 147 cm³/mol. The first-order valence-corrected chi connectivity index (χ1v) is 14.1. The Morgan fingerprint density at radius 1 is 1.21 bits per heavy atom. The van der Waals surface area contributed by atoms with Crippen molar-refractivity contribution in [3.63, 3.8) is 0 Å². The summed E-state index contributed by atoms with van der Waals surface area (Å²) in [5.41, 5.74) is -0.0892. The summed E-state index contributed by atoms with van der Waals surface area (Å²) in [5, 5.41) is 5.40. The number of amides is 1. The molecule has 1 fully saturated rings. The highest BCUT2D eigenvalue weighted by atomic mass is 32.2. The van der Waals surface area contributed by atoms with Crippen LogP contribution < -0.4 is 20.1 Å². The molecule has 1 aromatic carbocycles. The molecule has 12 heteroatoms. The average Bonchev–Trinajstić information content (AvgIpc) is 2.85. The molecule has 3 rings (SSSR count). The molecule has 1 amide bonds. The number of nitrogens with zero attached hydrogens (tertiary/aromatic N) is 2. The lowest BCUT2D eigenvalue weighted by molar-refractivity contribution is -0.138. The van der Waals surface area contributed by atoms with Gasteiger partial charge in [0.15, 0.2) is 0 Å². The fourth-order valence-corrected chi connectivity index (χ4v) is 3.88. The summed E-state index contributed by atoms with van der Waals surface area (Å²) in [5.74, 6) is 1.26. The summed E-state index contributed by atoms with van der Waals surface area (Å²) < 4.78 is 55.6. The standard InChI is InChI=1S/C15H15F3N4O2.C9H18.C2H7NOS/c1-8-11(15(16,17)18)7-19-14(20-8)22-10-4-5-12(21-9(2)23)13(6-10)24-3;1-2-6-9-7-4-3-5-8-9;1-3-5(2)4/h4-7H,1-3H3,(H,21,23)(H,19,20,22);9H,2-8H2,1H3;3H,1-2H3.